The molecule has 0 unspecified atom stereocenters. The molecule has 2 aromatic rings. The zero-order valence-corrected chi connectivity index (χ0v) is 11.2. The first kappa shape index (κ1) is 13.9. The molecule has 2 aromatic heterocycles. The molecule has 0 saturated carbocycles. The van der Waals surface area contributed by atoms with E-state index in [9.17, 15) is 9.18 Å². The van der Waals surface area contributed by atoms with Crippen LogP contribution in [-0.4, -0.2) is 23.4 Å². The van der Waals surface area contributed by atoms with Gasteiger partial charge in [0.05, 0.1) is 7.11 Å². The van der Waals surface area contributed by atoms with Crippen molar-refractivity contribution in [3.05, 3.63) is 47.0 Å². The Morgan fingerprint density at radius 1 is 1.35 bits per heavy atom. The number of rotatable bonds is 5. The summed E-state index contributed by atoms with van der Waals surface area (Å²) in [6, 6.07) is 3.09. The average molecular weight is 275 g/mol. The SMILES string of the molecule is COc1ncc(CNc2ncc(C=O)cc2C)cc1F. The fraction of sp³-hybridized carbons (Fsp3) is 0.214. The molecule has 0 spiro atoms. The number of aldehydes is 1. The van der Waals surface area contributed by atoms with Gasteiger partial charge in [0.2, 0.25) is 5.88 Å². The lowest BCUT2D eigenvalue weighted by atomic mass is 10.2. The van der Waals surface area contributed by atoms with Crippen molar-refractivity contribution in [3.63, 3.8) is 0 Å². The van der Waals surface area contributed by atoms with E-state index in [1.54, 1.807) is 6.07 Å². The summed E-state index contributed by atoms with van der Waals surface area (Å²) < 4.78 is 18.2. The van der Waals surface area contributed by atoms with Crippen molar-refractivity contribution in [3.8, 4) is 5.88 Å². The van der Waals surface area contributed by atoms with Crippen LogP contribution in [0.4, 0.5) is 10.2 Å². The predicted octanol–water partition coefficient (Wildman–Crippen LogP) is 2.36. The molecule has 0 aliphatic heterocycles. The number of hydrogen-bond donors (Lipinski definition) is 1. The minimum atomic E-state index is -0.507. The first-order valence-electron chi connectivity index (χ1n) is 5.98. The molecule has 0 aliphatic rings. The van der Waals surface area contributed by atoms with Crippen LogP contribution in [0.2, 0.25) is 0 Å². The Morgan fingerprint density at radius 3 is 2.75 bits per heavy atom. The lowest BCUT2D eigenvalue weighted by Crippen LogP contribution is -2.05. The Hall–Kier alpha value is -2.50. The van der Waals surface area contributed by atoms with E-state index >= 15 is 0 Å². The highest BCUT2D eigenvalue weighted by Gasteiger charge is 2.06. The van der Waals surface area contributed by atoms with Gasteiger partial charge in [-0.15, -0.1) is 0 Å². The number of ether oxygens (including phenoxy) is 1. The molecule has 2 heterocycles. The lowest BCUT2D eigenvalue weighted by Gasteiger charge is -2.09. The van der Waals surface area contributed by atoms with E-state index in [0.29, 0.717) is 23.5 Å². The quantitative estimate of drug-likeness (QED) is 0.849. The first-order valence-corrected chi connectivity index (χ1v) is 5.98. The predicted molar refractivity (Wildman–Crippen MR) is 72.4 cm³/mol. The van der Waals surface area contributed by atoms with Crippen LogP contribution in [0.25, 0.3) is 0 Å². The largest absolute Gasteiger partial charge is 0.479 e. The van der Waals surface area contributed by atoms with Crippen LogP contribution in [0.15, 0.2) is 24.5 Å². The molecule has 0 bridgehead atoms. The van der Waals surface area contributed by atoms with Crippen LogP contribution < -0.4 is 10.1 Å². The maximum atomic E-state index is 13.5. The Kier molecular flexibility index (Phi) is 4.24. The van der Waals surface area contributed by atoms with Crippen LogP contribution >= 0.6 is 0 Å². The van der Waals surface area contributed by atoms with Gasteiger partial charge in [-0.2, -0.15) is 0 Å². The molecule has 0 fully saturated rings. The first-order chi connectivity index (χ1) is 9.63. The van der Waals surface area contributed by atoms with Gasteiger partial charge < -0.3 is 10.1 Å². The average Bonchev–Trinajstić information content (AvgIpc) is 2.46. The molecule has 0 radical (unpaired) electrons. The molecule has 0 atom stereocenters. The lowest BCUT2D eigenvalue weighted by molar-refractivity contribution is 0.112. The molecule has 0 amide bonds. The summed E-state index contributed by atoms with van der Waals surface area (Å²) in [6.45, 7) is 2.22. The van der Waals surface area contributed by atoms with E-state index in [1.807, 2.05) is 6.92 Å². The molecule has 104 valence electrons. The van der Waals surface area contributed by atoms with Gasteiger partial charge in [0, 0.05) is 24.5 Å². The van der Waals surface area contributed by atoms with Crippen LogP contribution in [0.1, 0.15) is 21.5 Å². The summed E-state index contributed by atoms with van der Waals surface area (Å²) in [4.78, 5) is 18.6. The van der Waals surface area contributed by atoms with Crippen molar-refractivity contribution >= 4 is 12.1 Å². The van der Waals surface area contributed by atoms with E-state index in [4.69, 9.17) is 4.74 Å². The number of carbonyl (C=O) groups is 1. The Labute approximate surface area is 115 Å². The monoisotopic (exact) mass is 275 g/mol. The fourth-order valence-corrected chi connectivity index (χ4v) is 1.74. The zero-order chi connectivity index (χ0) is 14.5. The van der Waals surface area contributed by atoms with Crippen LogP contribution in [0.3, 0.4) is 0 Å². The summed E-state index contributed by atoms with van der Waals surface area (Å²) in [6.07, 6.45) is 3.76. The number of pyridine rings is 2. The molecule has 2 rings (SSSR count). The molecule has 5 nitrogen and oxygen atoms in total. The standard InChI is InChI=1S/C14H14FN3O2/c1-9-3-11(8-19)7-17-13(9)16-5-10-4-12(15)14(20-2)18-6-10/h3-4,6-8H,5H2,1-2H3,(H,16,17). The number of methoxy groups -OCH3 is 1. The number of carbonyl (C=O) groups excluding carboxylic acids is 1. The number of aromatic nitrogens is 2. The normalized spacial score (nSPS) is 10.2. The van der Waals surface area contributed by atoms with Gasteiger partial charge >= 0.3 is 0 Å². The van der Waals surface area contributed by atoms with E-state index in [2.05, 4.69) is 15.3 Å². The maximum Gasteiger partial charge on any atom is 0.250 e. The molecule has 6 heteroatoms. The van der Waals surface area contributed by atoms with Crippen LogP contribution in [-0.2, 0) is 6.54 Å². The van der Waals surface area contributed by atoms with Gasteiger partial charge in [-0.3, -0.25) is 4.79 Å². The van der Waals surface area contributed by atoms with Gasteiger partial charge in [-0.1, -0.05) is 0 Å². The van der Waals surface area contributed by atoms with Crippen molar-refractivity contribution in [1.82, 2.24) is 9.97 Å². The topological polar surface area (TPSA) is 64.1 Å². The third kappa shape index (κ3) is 3.09. The minimum Gasteiger partial charge on any atom is -0.479 e. The summed E-state index contributed by atoms with van der Waals surface area (Å²) in [5.74, 6) is 0.109. The van der Waals surface area contributed by atoms with Gasteiger partial charge in [0.15, 0.2) is 12.1 Å². The van der Waals surface area contributed by atoms with E-state index in [1.165, 1.54) is 25.6 Å². The highest BCUT2D eigenvalue weighted by atomic mass is 19.1. The summed E-state index contributed by atoms with van der Waals surface area (Å²) >= 11 is 0. The van der Waals surface area contributed by atoms with Crippen LogP contribution in [0.5, 0.6) is 5.88 Å². The van der Waals surface area contributed by atoms with Gasteiger partial charge in [-0.25, -0.2) is 14.4 Å². The number of nitrogens with zero attached hydrogens (tertiary/aromatic N) is 2. The molecule has 0 saturated heterocycles. The van der Waals surface area contributed by atoms with Crippen molar-refractivity contribution in [2.75, 3.05) is 12.4 Å². The van der Waals surface area contributed by atoms with Crippen molar-refractivity contribution in [2.45, 2.75) is 13.5 Å². The van der Waals surface area contributed by atoms with Gasteiger partial charge in [-0.05, 0) is 30.2 Å². The maximum absolute atomic E-state index is 13.5. The Bertz CT molecular complexity index is 632. The number of nitrogens with one attached hydrogen (secondary N) is 1. The Morgan fingerprint density at radius 2 is 2.15 bits per heavy atom. The van der Waals surface area contributed by atoms with E-state index in [-0.39, 0.29) is 5.88 Å². The van der Waals surface area contributed by atoms with Crippen molar-refractivity contribution in [2.24, 2.45) is 0 Å². The van der Waals surface area contributed by atoms with Crippen molar-refractivity contribution < 1.29 is 13.9 Å². The third-order valence-corrected chi connectivity index (χ3v) is 2.75. The third-order valence-electron chi connectivity index (χ3n) is 2.75. The highest BCUT2D eigenvalue weighted by Crippen LogP contribution is 2.16. The molecular weight excluding hydrogens is 261 g/mol. The molecule has 20 heavy (non-hydrogen) atoms. The van der Waals surface area contributed by atoms with Crippen molar-refractivity contribution in [1.29, 1.82) is 0 Å². The van der Waals surface area contributed by atoms with Gasteiger partial charge in [0.1, 0.15) is 5.82 Å². The summed E-state index contributed by atoms with van der Waals surface area (Å²) in [5.41, 5.74) is 2.03. The second-order valence-electron chi connectivity index (χ2n) is 4.24. The molecule has 1 N–H and O–H groups in total. The summed E-state index contributed by atoms with van der Waals surface area (Å²) in [5, 5.41) is 3.07. The smallest absolute Gasteiger partial charge is 0.250 e. The second kappa shape index (κ2) is 6.10. The Balaban J connectivity index is 2.08. The zero-order valence-electron chi connectivity index (χ0n) is 11.2. The van der Waals surface area contributed by atoms with E-state index in [0.717, 1.165) is 11.8 Å². The van der Waals surface area contributed by atoms with Crippen LogP contribution in [0, 0.1) is 12.7 Å². The van der Waals surface area contributed by atoms with E-state index < -0.39 is 5.82 Å². The minimum absolute atomic E-state index is 0.0293. The number of hydrogen-bond acceptors (Lipinski definition) is 5. The highest BCUT2D eigenvalue weighted by molar-refractivity contribution is 5.75. The summed E-state index contributed by atoms with van der Waals surface area (Å²) in [7, 11) is 1.37. The molecular formula is C14H14FN3O2. The van der Waals surface area contributed by atoms with Gasteiger partial charge in [0.25, 0.3) is 0 Å². The number of halogens is 1. The fourth-order valence-electron chi connectivity index (χ4n) is 1.74. The number of anilines is 1. The number of aryl methyl sites for hydroxylation is 1. The second-order valence-corrected chi connectivity index (χ2v) is 4.24. The molecule has 0 aliphatic carbocycles. The molecule has 0 aromatic carbocycles.